The minimum absolute atomic E-state index is 0.0745. The summed E-state index contributed by atoms with van der Waals surface area (Å²) in [5.41, 5.74) is 6.48. The van der Waals surface area contributed by atoms with Crippen molar-refractivity contribution in [1.82, 2.24) is 5.32 Å². The van der Waals surface area contributed by atoms with Crippen molar-refractivity contribution in [3.63, 3.8) is 0 Å². The molecule has 1 amide bonds. The van der Waals surface area contributed by atoms with Gasteiger partial charge in [-0.1, -0.05) is 41.4 Å². The van der Waals surface area contributed by atoms with Gasteiger partial charge >= 0.3 is 0 Å². The Kier molecular flexibility index (Phi) is 4.47. The lowest BCUT2D eigenvalue weighted by molar-refractivity contribution is 0.0950. The van der Waals surface area contributed by atoms with E-state index in [1.165, 1.54) is 18.2 Å². The van der Waals surface area contributed by atoms with Gasteiger partial charge in [0.15, 0.2) is 0 Å². The average molecular weight is 313 g/mol. The molecule has 0 fully saturated rings. The quantitative estimate of drug-likeness (QED) is 0.850. The van der Waals surface area contributed by atoms with Gasteiger partial charge in [-0.25, -0.2) is 4.39 Å². The van der Waals surface area contributed by atoms with Gasteiger partial charge in [-0.2, -0.15) is 0 Å². The lowest BCUT2D eigenvalue weighted by atomic mass is 10.1. The lowest BCUT2D eigenvalue weighted by Crippen LogP contribution is -2.23. The van der Waals surface area contributed by atoms with E-state index in [9.17, 15) is 9.18 Å². The predicted octanol–water partition coefficient (Wildman–Crippen LogP) is 3.64. The zero-order chi connectivity index (χ0) is 14.7. The molecule has 0 bridgehead atoms. The summed E-state index contributed by atoms with van der Waals surface area (Å²) in [7, 11) is 0. The van der Waals surface area contributed by atoms with Crippen LogP contribution in [-0.4, -0.2) is 5.91 Å². The van der Waals surface area contributed by atoms with Crippen LogP contribution in [-0.2, 0) is 6.54 Å². The summed E-state index contributed by atoms with van der Waals surface area (Å²) in [6.07, 6.45) is 0. The van der Waals surface area contributed by atoms with Crippen molar-refractivity contribution in [3.8, 4) is 0 Å². The number of nitrogens with two attached hydrogens (primary N) is 1. The number of nitrogen functional groups attached to an aromatic ring is 1. The molecule has 0 saturated heterocycles. The molecular weight excluding hydrogens is 302 g/mol. The highest BCUT2D eigenvalue weighted by Crippen LogP contribution is 2.28. The largest absolute Gasteiger partial charge is 0.396 e. The molecule has 2 rings (SSSR count). The Balaban J connectivity index is 2.11. The molecule has 0 radical (unpaired) electrons. The molecule has 2 aromatic carbocycles. The third kappa shape index (κ3) is 3.21. The highest BCUT2D eigenvalue weighted by molar-refractivity contribution is 6.39. The Morgan fingerprint density at radius 2 is 1.80 bits per heavy atom. The number of anilines is 1. The molecule has 0 unspecified atom stereocenters. The van der Waals surface area contributed by atoms with Crippen LogP contribution >= 0.6 is 23.2 Å². The molecule has 0 aromatic heterocycles. The lowest BCUT2D eigenvalue weighted by Gasteiger charge is -2.08. The number of carbonyl (C=O) groups excluding carboxylic acids is 1. The van der Waals surface area contributed by atoms with Crippen molar-refractivity contribution < 1.29 is 9.18 Å². The SMILES string of the molecule is Nc1c(Cl)cc(C(=O)NCc2ccccc2F)cc1Cl. The van der Waals surface area contributed by atoms with E-state index in [1.54, 1.807) is 18.2 Å². The minimum atomic E-state index is -0.406. The third-order valence-corrected chi connectivity index (χ3v) is 3.36. The van der Waals surface area contributed by atoms with Crippen LogP contribution in [0, 0.1) is 5.82 Å². The van der Waals surface area contributed by atoms with Crippen molar-refractivity contribution in [2.45, 2.75) is 6.54 Å². The van der Waals surface area contributed by atoms with Gasteiger partial charge in [0.1, 0.15) is 5.82 Å². The molecule has 0 atom stereocenters. The minimum Gasteiger partial charge on any atom is -0.396 e. The highest BCUT2D eigenvalue weighted by atomic mass is 35.5. The van der Waals surface area contributed by atoms with Crippen molar-refractivity contribution in [2.24, 2.45) is 0 Å². The topological polar surface area (TPSA) is 55.1 Å². The first-order chi connectivity index (χ1) is 9.49. The van der Waals surface area contributed by atoms with E-state index in [0.717, 1.165) is 0 Å². The second-order valence-electron chi connectivity index (χ2n) is 4.13. The summed E-state index contributed by atoms with van der Waals surface area (Å²) < 4.78 is 13.4. The maximum absolute atomic E-state index is 13.4. The van der Waals surface area contributed by atoms with E-state index in [2.05, 4.69) is 5.32 Å². The van der Waals surface area contributed by atoms with E-state index in [4.69, 9.17) is 28.9 Å². The van der Waals surface area contributed by atoms with Crippen LogP contribution in [0.15, 0.2) is 36.4 Å². The second kappa shape index (κ2) is 6.11. The van der Waals surface area contributed by atoms with Crippen LogP contribution in [0.25, 0.3) is 0 Å². The molecule has 3 N–H and O–H groups in total. The molecule has 0 aliphatic carbocycles. The molecule has 0 heterocycles. The molecule has 104 valence electrons. The molecule has 2 aromatic rings. The summed E-state index contributed by atoms with van der Waals surface area (Å²) in [5.74, 6) is -0.779. The predicted molar refractivity (Wildman–Crippen MR) is 78.4 cm³/mol. The molecule has 0 spiro atoms. The Bertz CT molecular complexity index is 638. The molecule has 0 saturated carbocycles. The van der Waals surface area contributed by atoms with E-state index >= 15 is 0 Å². The van der Waals surface area contributed by atoms with Gasteiger partial charge in [0.2, 0.25) is 0 Å². The van der Waals surface area contributed by atoms with Crippen LogP contribution in [0.3, 0.4) is 0 Å². The number of hydrogen-bond donors (Lipinski definition) is 2. The molecule has 6 heteroatoms. The number of amides is 1. The Hall–Kier alpha value is -1.78. The van der Waals surface area contributed by atoms with Crippen LogP contribution in [0.1, 0.15) is 15.9 Å². The van der Waals surface area contributed by atoms with Crippen LogP contribution in [0.5, 0.6) is 0 Å². The summed E-state index contributed by atoms with van der Waals surface area (Å²) >= 11 is 11.7. The fourth-order valence-corrected chi connectivity index (χ4v) is 2.12. The molecule has 0 aliphatic heterocycles. The fourth-order valence-electron chi connectivity index (χ4n) is 1.63. The molecule has 20 heavy (non-hydrogen) atoms. The zero-order valence-electron chi connectivity index (χ0n) is 10.3. The normalized spacial score (nSPS) is 10.3. The van der Waals surface area contributed by atoms with E-state index in [0.29, 0.717) is 5.56 Å². The number of nitrogens with one attached hydrogen (secondary N) is 1. The van der Waals surface area contributed by atoms with E-state index in [-0.39, 0.29) is 33.7 Å². The van der Waals surface area contributed by atoms with Crippen molar-refractivity contribution in [1.29, 1.82) is 0 Å². The number of halogens is 3. The van der Waals surface area contributed by atoms with Gasteiger partial charge in [0.05, 0.1) is 15.7 Å². The monoisotopic (exact) mass is 312 g/mol. The average Bonchev–Trinajstić information content (AvgIpc) is 2.43. The first kappa shape index (κ1) is 14.6. The first-order valence-electron chi connectivity index (χ1n) is 5.75. The van der Waals surface area contributed by atoms with Crippen LogP contribution in [0.4, 0.5) is 10.1 Å². The van der Waals surface area contributed by atoms with E-state index < -0.39 is 5.91 Å². The molecule has 0 aliphatic rings. The van der Waals surface area contributed by atoms with E-state index in [1.807, 2.05) is 0 Å². The van der Waals surface area contributed by atoms with Crippen molar-refractivity contribution in [2.75, 3.05) is 5.73 Å². The molecule has 3 nitrogen and oxygen atoms in total. The number of hydrogen-bond acceptors (Lipinski definition) is 2. The maximum atomic E-state index is 13.4. The van der Waals surface area contributed by atoms with Crippen molar-refractivity contribution in [3.05, 3.63) is 63.4 Å². The van der Waals surface area contributed by atoms with Crippen LogP contribution in [0.2, 0.25) is 10.0 Å². The molecular formula is C14H11Cl2FN2O. The third-order valence-electron chi connectivity index (χ3n) is 2.74. The van der Waals surface area contributed by atoms with Gasteiger partial charge in [0, 0.05) is 17.7 Å². The zero-order valence-corrected chi connectivity index (χ0v) is 11.8. The van der Waals surface area contributed by atoms with Gasteiger partial charge in [0.25, 0.3) is 5.91 Å². The summed E-state index contributed by atoms with van der Waals surface area (Å²) in [6, 6.07) is 9.04. The smallest absolute Gasteiger partial charge is 0.251 e. The number of benzene rings is 2. The number of carbonyl (C=O) groups is 1. The van der Waals surface area contributed by atoms with Crippen molar-refractivity contribution >= 4 is 34.8 Å². The summed E-state index contributed by atoms with van der Waals surface area (Å²) in [5, 5.41) is 3.00. The first-order valence-corrected chi connectivity index (χ1v) is 6.50. The fraction of sp³-hybridized carbons (Fsp3) is 0.0714. The van der Waals surface area contributed by atoms with Gasteiger partial charge in [-0.15, -0.1) is 0 Å². The van der Waals surface area contributed by atoms with Crippen LogP contribution < -0.4 is 11.1 Å². The highest BCUT2D eigenvalue weighted by Gasteiger charge is 2.11. The second-order valence-corrected chi connectivity index (χ2v) is 4.94. The maximum Gasteiger partial charge on any atom is 0.251 e. The summed E-state index contributed by atoms with van der Waals surface area (Å²) in [6.45, 7) is 0.0745. The standard InChI is InChI=1S/C14H11Cl2FN2O/c15-10-5-9(6-11(16)13(10)18)14(20)19-7-8-3-1-2-4-12(8)17/h1-6H,7,18H2,(H,19,20). The Morgan fingerprint density at radius 3 is 2.40 bits per heavy atom. The number of rotatable bonds is 3. The Morgan fingerprint density at radius 1 is 1.20 bits per heavy atom. The van der Waals surface area contributed by atoms with Gasteiger partial charge in [-0.05, 0) is 18.2 Å². The Labute approximate surface area is 125 Å². The summed E-state index contributed by atoms with van der Waals surface area (Å²) in [4.78, 5) is 12.0. The van der Waals surface area contributed by atoms with Gasteiger partial charge < -0.3 is 11.1 Å². The van der Waals surface area contributed by atoms with Gasteiger partial charge in [-0.3, -0.25) is 4.79 Å².